The van der Waals surface area contributed by atoms with Gasteiger partial charge in [-0.25, -0.2) is 8.42 Å². The number of hydrogen-bond acceptors (Lipinski definition) is 7. The van der Waals surface area contributed by atoms with E-state index in [1.165, 1.54) is 10.5 Å². The fourth-order valence-corrected chi connectivity index (χ4v) is 4.29. The molecule has 9 nitrogen and oxygen atoms in total. The number of tetrazole rings is 1. The minimum Gasteiger partial charge on any atom is -0.360 e. The number of rotatable bonds is 5. The highest BCUT2D eigenvalue weighted by molar-refractivity contribution is 7.89. The van der Waals surface area contributed by atoms with E-state index in [4.69, 9.17) is 0 Å². The number of aromatic nitrogens is 4. The van der Waals surface area contributed by atoms with Crippen molar-refractivity contribution in [2.24, 2.45) is 0 Å². The number of aryl methyl sites for hydroxylation is 1. The molecule has 2 heterocycles. The number of anilines is 1. The average Bonchev–Trinajstić information content (AvgIpc) is 3.19. The molecule has 1 aliphatic rings. The van der Waals surface area contributed by atoms with Gasteiger partial charge in [-0.2, -0.15) is 14.8 Å². The third-order valence-corrected chi connectivity index (χ3v) is 6.14. The number of piperidine rings is 1. The number of nitriles is 1. The number of hydrogen-bond donors (Lipinski definition) is 2. The van der Waals surface area contributed by atoms with E-state index in [0.29, 0.717) is 18.8 Å². The summed E-state index contributed by atoms with van der Waals surface area (Å²) in [4.78, 5) is 0.235. The van der Waals surface area contributed by atoms with Gasteiger partial charge in [-0.3, -0.25) is 0 Å². The number of sulfonamides is 1. The third kappa shape index (κ3) is 3.74. The Morgan fingerprint density at radius 2 is 2.12 bits per heavy atom. The van der Waals surface area contributed by atoms with Crippen LogP contribution in [0.4, 0.5) is 5.69 Å². The van der Waals surface area contributed by atoms with Crippen molar-refractivity contribution in [3.63, 3.8) is 0 Å². The van der Waals surface area contributed by atoms with E-state index in [1.54, 1.807) is 18.2 Å². The maximum absolute atomic E-state index is 12.8. The van der Waals surface area contributed by atoms with Gasteiger partial charge in [0.1, 0.15) is 11.6 Å². The van der Waals surface area contributed by atoms with Gasteiger partial charge in [-0.05, 0) is 42.7 Å². The van der Waals surface area contributed by atoms with Crippen molar-refractivity contribution in [1.82, 2.24) is 24.9 Å². The number of nitrogens with zero attached hydrogens (tertiary/aromatic N) is 5. The minimum absolute atomic E-state index is 0.162. The van der Waals surface area contributed by atoms with Crippen LogP contribution in [0.25, 0.3) is 5.57 Å². The predicted molar refractivity (Wildman–Crippen MR) is 95.2 cm³/mol. The van der Waals surface area contributed by atoms with Crippen LogP contribution in [0.5, 0.6) is 0 Å². The molecular weight excluding hydrogens is 354 g/mol. The molecule has 0 unspecified atom stereocenters. The molecule has 2 N–H and O–H groups in total. The lowest BCUT2D eigenvalue weighted by Gasteiger charge is -2.26. The first-order valence-electron chi connectivity index (χ1n) is 8.24. The Kier molecular flexibility index (Phi) is 5.29. The van der Waals surface area contributed by atoms with Crippen molar-refractivity contribution in [3.05, 3.63) is 35.8 Å². The number of benzene rings is 1. The summed E-state index contributed by atoms with van der Waals surface area (Å²) in [7, 11) is -3.52. The first kappa shape index (κ1) is 18.0. The summed E-state index contributed by atoms with van der Waals surface area (Å²) in [6, 6.07) is 6.92. The van der Waals surface area contributed by atoms with Crippen LogP contribution >= 0.6 is 0 Å². The zero-order chi connectivity index (χ0) is 18.6. The Morgan fingerprint density at radius 1 is 1.35 bits per heavy atom. The standard InChI is InChI=1S/C16H19N7O2S/c1-12-5-6-14(26(24,25)23-7-3-2-4-8-23)9-15(12)18-11-13(10-17)16-19-21-22-20-16/h5-6,9,11,18H,2-4,7-8H2,1H3,(H,19,20,21,22). The van der Waals surface area contributed by atoms with Crippen molar-refractivity contribution in [2.75, 3.05) is 18.4 Å². The second-order valence-corrected chi connectivity index (χ2v) is 7.93. The summed E-state index contributed by atoms with van der Waals surface area (Å²) >= 11 is 0. The van der Waals surface area contributed by atoms with Crippen molar-refractivity contribution in [2.45, 2.75) is 31.1 Å². The summed E-state index contributed by atoms with van der Waals surface area (Å²) < 4.78 is 27.2. The van der Waals surface area contributed by atoms with Gasteiger partial charge in [0.05, 0.1) is 4.90 Å². The Labute approximate surface area is 151 Å². The van der Waals surface area contributed by atoms with E-state index in [0.717, 1.165) is 24.8 Å². The molecule has 26 heavy (non-hydrogen) atoms. The monoisotopic (exact) mass is 373 g/mol. The first-order chi connectivity index (χ1) is 12.5. The van der Waals surface area contributed by atoms with Gasteiger partial charge in [-0.1, -0.05) is 12.5 Å². The van der Waals surface area contributed by atoms with Gasteiger partial charge in [0.2, 0.25) is 15.8 Å². The minimum atomic E-state index is -3.52. The number of nitrogens with one attached hydrogen (secondary N) is 2. The molecule has 0 spiro atoms. The highest BCUT2D eigenvalue weighted by Gasteiger charge is 2.26. The molecule has 2 aromatic rings. The van der Waals surface area contributed by atoms with Gasteiger partial charge >= 0.3 is 0 Å². The topological polar surface area (TPSA) is 128 Å². The Bertz CT molecular complexity index is 939. The molecule has 1 saturated heterocycles. The van der Waals surface area contributed by atoms with Gasteiger partial charge in [0.25, 0.3) is 0 Å². The molecule has 0 saturated carbocycles. The molecule has 0 aliphatic carbocycles. The summed E-state index contributed by atoms with van der Waals surface area (Å²) in [5.74, 6) is 0.162. The van der Waals surface area contributed by atoms with Crippen LogP contribution < -0.4 is 5.32 Å². The number of allylic oxidation sites excluding steroid dienone is 1. The van der Waals surface area contributed by atoms with E-state index in [1.807, 2.05) is 13.0 Å². The molecular formula is C16H19N7O2S. The van der Waals surface area contributed by atoms with Crippen LogP contribution in [0.3, 0.4) is 0 Å². The van der Waals surface area contributed by atoms with Gasteiger partial charge in [0, 0.05) is 25.0 Å². The fraction of sp³-hybridized carbons (Fsp3) is 0.375. The maximum atomic E-state index is 12.8. The van der Waals surface area contributed by atoms with Gasteiger partial charge in [0.15, 0.2) is 0 Å². The molecule has 0 amide bonds. The summed E-state index contributed by atoms with van der Waals surface area (Å²) in [6.45, 7) is 2.96. The van der Waals surface area contributed by atoms with Crippen LogP contribution in [0.1, 0.15) is 30.7 Å². The highest BCUT2D eigenvalue weighted by atomic mass is 32.2. The average molecular weight is 373 g/mol. The normalized spacial score (nSPS) is 16.2. The lowest BCUT2D eigenvalue weighted by molar-refractivity contribution is 0.346. The molecule has 1 fully saturated rings. The Balaban J connectivity index is 1.87. The second-order valence-electron chi connectivity index (χ2n) is 5.99. The van der Waals surface area contributed by atoms with E-state index in [9.17, 15) is 13.7 Å². The summed E-state index contributed by atoms with van der Waals surface area (Å²) in [6.07, 6.45) is 4.26. The molecule has 1 aromatic carbocycles. The zero-order valence-corrected chi connectivity index (χ0v) is 15.1. The zero-order valence-electron chi connectivity index (χ0n) is 14.3. The highest BCUT2D eigenvalue weighted by Crippen LogP contribution is 2.25. The molecule has 3 rings (SSSR count). The number of H-pyrrole nitrogens is 1. The maximum Gasteiger partial charge on any atom is 0.243 e. The first-order valence-corrected chi connectivity index (χ1v) is 9.68. The lowest BCUT2D eigenvalue weighted by atomic mass is 10.2. The van der Waals surface area contributed by atoms with Crippen molar-refractivity contribution >= 4 is 21.3 Å². The molecule has 0 atom stereocenters. The quantitative estimate of drug-likeness (QED) is 0.763. The van der Waals surface area contributed by atoms with Crippen LogP contribution in [-0.4, -0.2) is 46.4 Å². The molecule has 0 radical (unpaired) electrons. The fourth-order valence-electron chi connectivity index (χ4n) is 2.74. The van der Waals surface area contributed by atoms with Crippen LogP contribution in [0, 0.1) is 18.3 Å². The van der Waals surface area contributed by atoms with E-state index in [2.05, 4.69) is 25.9 Å². The van der Waals surface area contributed by atoms with E-state index >= 15 is 0 Å². The Hall–Kier alpha value is -2.77. The second kappa shape index (κ2) is 7.63. The van der Waals surface area contributed by atoms with E-state index in [-0.39, 0.29) is 16.3 Å². The summed E-state index contributed by atoms with van der Waals surface area (Å²) in [5.41, 5.74) is 1.63. The van der Waals surface area contributed by atoms with Crippen LogP contribution in [0.2, 0.25) is 0 Å². The van der Waals surface area contributed by atoms with Gasteiger partial charge < -0.3 is 5.32 Å². The SMILES string of the molecule is Cc1ccc(S(=O)(=O)N2CCCCC2)cc1NC=C(C#N)c1nn[nH]n1. The lowest BCUT2D eigenvalue weighted by Crippen LogP contribution is -2.35. The molecule has 1 aliphatic heterocycles. The Morgan fingerprint density at radius 3 is 2.77 bits per heavy atom. The third-order valence-electron chi connectivity index (χ3n) is 4.24. The van der Waals surface area contributed by atoms with E-state index < -0.39 is 10.0 Å². The predicted octanol–water partition coefficient (Wildman–Crippen LogP) is 1.66. The molecule has 136 valence electrons. The molecule has 1 aromatic heterocycles. The number of aromatic amines is 1. The molecule has 0 bridgehead atoms. The van der Waals surface area contributed by atoms with Gasteiger partial charge in [-0.15, -0.1) is 10.2 Å². The van der Waals surface area contributed by atoms with Crippen molar-refractivity contribution in [3.8, 4) is 6.07 Å². The largest absolute Gasteiger partial charge is 0.360 e. The van der Waals surface area contributed by atoms with Crippen LogP contribution in [-0.2, 0) is 10.0 Å². The molecule has 10 heteroatoms. The van der Waals surface area contributed by atoms with Crippen molar-refractivity contribution in [1.29, 1.82) is 5.26 Å². The smallest absolute Gasteiger partial charge is 0.243 e. The van der Waals surface area contributed by atoms with Crippen molar-refractivity contribution < 1.29 is 8.42 Å². The summed E-state index contributed by atoms with van der Waals surface area (Å²) in [5, 5.41) is 25.4. The van der Waals surface area contributed by atoms with Crippen LogP contribution in [0.15, 0.2) is 29.3 Å².